The summed E-state index contributed by atoms with van der Waals surface area (Å²) < 4.78 is 0. The number of pyridine rings is 1. The number of fused-ring (bicyclic) bond motifs is 5. The molecule has 97 valence electrons. The van der Waals surface area contributed by atoms with E-state index in [0.717, 1.165) is 5.65 Å². The van der Waals surface area contributed by atoms with Gasteiger partial charge in [-0.15, -0.1) is 0 Å². The molecule has 3 heteroatoms. The van der Waals surface area contributed by atoms with Crippen molar-refractivity contribution in [3.05, 3.63) is 48.7 Å². The second-order valence-corrected chi connectivity index (χ2v) is 7.96. The van der Waals surface area contributed by atoms with Crippen LogP contribution in [0.5, 0.6) is 0 Å². The molecule has 0 saturated heterocycles. The second kappa shape index (κ2) is 4.18. The summed E-state index contributed by atoms with van der Waals surface area (Å²) in [4.78, 5) is 8.14. The van der Waals surface area contributed by atoms with Crippen molar-refractivity contribution in [1.82, 2.24) is 9.97 Å². The Morgan fingerprint density at radius 1 is 0.950 bits per heavy atom. The zero-order chi connectivity index (χ0) is 13.7. The Hall–Kier alpha value is -2.13. The Kier molecular flexibility index (Phi) is 2.44. The molecule has 2 heterocycles. The molecule has 0 amide bonds. The van der Waals surface area contributed by atoms with E-state index < -0.39 is 8.80 Å². The molecule has 2 nitrogen and oxygen atoms in total. The third-order valence-corrected chi connectivity index (χ3v) is 5.41. The molecule has 2 aromatic heterocycles. The van der Waals surface area contributed by atoms with Crippen molar-refractivity contribution in [2.45, 2.75) is 13.1 Å². The van der Waals surface area contributed by atoms with Crippen LogP contribution in [0.1, 0.15) is 0 Å². The van der Waals surface area contributed by atoms with Crippen molar-refractivity contribution in [3.8, 4) is 0 Å². The first kappa shape index (κ1) is 11.7. The molecule has 0 aliphatic carbocycles. The predicted molar refractivity (Wildman–Crippen MR) is 88.2 cm³/mol. The standard InChI is InChI=1S/C17H15N2Si/c1-20(2)14-9-5-8-13-15-12-7-4-3-6-11(12)10-18-17(15)19-16(13)14/h3-10H,1-2H3,(H,18,19). The Bertz CT molecular complexity index is 938. The average Bonchev–Trinajstić information content (AvgIpc) is 2.85. The lowest BCUT2D eigenvalue weighted by Crippen LogP contribution is -2.23. The molecule has 0 aliphatic rings. The Labute approximate surface area is 119 Å². The summed E-state index contributed by atoms with van der Waals surface area (Å²) in [5, 5.41) is 6.48. The van der Waals surface area contributed by atoms with Crippen molar-refractivity contribution in [3.63, 3.8) is 0 Å². The molecule has 1 N–H and O–H groups in total. The van der Waals surface area contributed by atoms with Crippen molar-refractivity contribution in [2.24, 2.45) is 0 Å². The molecule has 0 unspecified atom stereocenters. The number of aromatic amines is 1. The first-order chi connectivity index (χ1) is 9.75. The van der Waals surface area contributed by atoms with E-state index in [2.05, 4.69) is 65.5 Å². The van der Waals surface area contributed by atoms with E-state index >= 15 is 0 Å². The Balaban J connectivity index is 2.26. The van der Waals surface area contributed by atoms with E-state index in [1.807, 2.05) is 6.20 Å². The molecule has 4 aromatic rings. The fourth-order valence-electron chi connectivity index (χ4n) is 2.96. The molecule has 20 heavy (non-hydrogen) atoms. The summed E-state index contributed by atoms with van der Waals surface area (Å²) >= 11 is 0. The van der Waals surface area contributed by atoms with Gasteiger partial charge in [0, 0.05) is 27.9 Å². The SMILES string of the molecule is C[Si](C)c1cccc2c1[nH]c1ncc3ccccc3c12. The predicted octanol–water partition coefficient (Wildman–Crippen LogP) is 3.83. The van der Waals surface area contributed by atoms with Gasteiger partial charge in [0.2, 0.25) is 0 Å². The molecule has 0 bridgehead atoms. The smallest absolute Gasteiger partial charge is 0.138 e. The molecule has 0 spiro atoms. The third kappa shape index (κ3) is 1.53. The fraction of sp³-hybridized carbons (Fsp3) is 0.118. The number of nitrogens with one attached hydrogen (secondary N) is 1. The minimum atomic E-state index is -0.496. The van der Waals surface area contributed by atoms with Crippen LogP contribution in [0, 0.1) is 0 Å². The number of H-pyrrole nitrogens is 1. The van der Waals surface area contributed by atoms with E-state index in [1.54, 1.807) is 0 Å². The Morgan fingerprint density at radius 2 is 1.75 bits per heavy atom. The van der Waals surface area contributed by atoms with Gasteiger partial charge < -0.3 is 4.98 Å². The van der Waals surface area contributed by atoms with Crippen LogP contribution in [0.2, 0.25) is 13.1 Å². The molecule has 0 aliphatic heterocycles. The third-order valence-electron chi connectivity index (χ3n) is 3.92. The number of hydrogen-bond acceptors (Lipinski definition) is 1. The summed E-state index contributed by atoms with van der Waals surface area (Å²) in [6.07, 6.45) is 1.95. The zero-order valence-corrected chi connectivity index (χ0v) is 12.6. The van der Waals surface area contributed by atoms with Crippen molar-refractivity contribution < 1.29 is 0 Å². The highest BCUT2D eigenvalue weighted by Crippen LogP contribution is 2.30. The van der Waals surface area contributed by atoms with Gasteiger partial charge in [-0.3, -0.25) is 0 Å². The van der Waals surface area contributed by atoms with Crippen LogP contribution in [-0.2, 0) is 0 Å². The molecule has 4 rings (SSSR count). The maximum Gasteiger partial charge on any atom is 0.138 e. The van der Waals surface area contributed by atoms with Gasteiger partial charge in [-0.1, -0.05) is 55.6 Å². The van der Waals surface area contributed by atoms with Crippen LogP contribution >= 0.6 is 0 Å². The lowest BCUT2D eigenvalue weighted by Gasteiger charge is -2.04. The summed E-state index contributed by atoms with van der Waals surface area (Å²) in [5.74, 6) is 0. The topological polar surface area (TPSA) is 28.7 Å². The number of aromatic nitrogens is 2. The van der Waals surface area contributed by atoms with Gasteiger partial charge >= 0.3 is 0 Å². The number of rotatable bonds is 1. The van der Waals surface area contributed by atoms with Crippen LogP contribution in [0.3, 0.4) is 0 Å². The van der Waals surface area contributed by atoms with Gasteiger partial charge in [0.05, 0.1) is 8.80 Å². The maximum atomic E-state index is 4.60. The second-order valence-electron chi connectivity index (χ2n) is 5.42. The van der Waals surface area contributed by atoms with E-state index in [4.69, 9.17) is 0 Å². The van der Waals surface area contributed by atoms with Crippen LogP contribution < -0.4 is 5.19 Å². The summed E-state index contributed by atoms with van der Waals surface area (Å²) in [7, 11) is -0.496. The zero-order valence-electron chi connectivity index (χ0n) is 11.6. The van der Waals surface area contributed by atoms with Gasteiger partial charge in [0.1, 0.15) is 5.65 Å². The quantitative estimate of drug-likeness (QED) is 0.525. The van der Waals surface area contributed by atoms with Gasteiger partial charge in [-0.25, -0.2) is 4.98 Å². The number of hydrogen-bond donors (Lipinski definition) is 1. The van der Waals surface area contributed by atoms with Crippen molar-refractivity contribution in [2.75, 3.05) is 0 Å². The van der Waals surface area contributed by atoms with Crippen LogP contribution in [-0.4, -0.2) is 18.8 Å². The average molecular weight is 275 g/mol. The van der Waals surface area contributed by atoms with Gasteiger partial charge in [0.25, 0.3) is 0 Å². The van der Waals surface area contributed by atoms with Gasteiger partial charge in [-0.05, 0) is 10.6 Å². The van der Waals surface area contributed by atoms with Crippen LogP contribution in [0.4, 0.5) is 0 Å². The molecule has 0 fully saturated rings. The number of nitrogens with zero attached hydrogens (tertiary/aromatic N) is 1. The monoisotopic (exact) mass is 275 g/mol. The summed E-state index contributed by atoms with van der Waals surface area (Å²) in [6, 6.07) is 15.1. The van der Waals surface area contributed by atoms with Gasteiger partial charge in [0.15, 0.2) is 0 Å². The highest BCUT2D eigenvalue weighted by Gasteiger charge is 2.13. The summed E-state index contributed by atoms with van der Waals surface area (Å²) in [5.41, 5.74) is 2.26. The maximum absolute atomic E-state index is 4.60. The van der Waals surface area contributed by atoms with E-state index in [1.165, 1.54) is 32.2 Å². The highest BCUT2D eigenvalue weighted by molar-refractivity contribution is 6.73. The largest absolute Gasteiger partial charge is 0.339 e. The van der Waals surface area contributed by atoms with E-state index in [-0.39, 0.29) is 0 Å². The molecule has 0 atom stereocenters. The number of benzene rings is 2. The number of para-hydroxylation sites is 1. The minimum absolute atomic E-state index is 0.496. The summed E-state index contributed by atoms with van der Waals surface area (Å²) in [6.45, 7) is 4.66. The van der Waals surface area contributed by atoms with Crippen LogP contribution in [0.15, 0.2) is 48.7 Å². The van der Waals surface area contributed by atoms with E-state index in [9.17, 15) is 0 Å². The van der Waals surface area contributed by atoms with Gasteiger partial charge in [-0.2, -0.15) is 0 Å². The van der Waals surface area contributed by atoms with E-state index in [0.29, 0.717) is 0 Å². The Morgan fingerprint density at radius 3 is 2.60 bits per heavy atom. The lowest BCUT2D eigenvalue weighted by molar-refractivity contribution is 1.37. The molecular weight excluding hydrogens is 260 g/mol. The normalized spacial score (nSPS) is 11.9. The molecule has 1 radical (unpaired) electrons. The van der Waals surface area contributed by atoms with Crippen LogP contribution in [0.25, 0.3) is 32.7 Å². The first-order valence-corrected chi connectivity index (χ1v) is 9.34. The molecular formula is C17H15N2Si. The van der Waals surface area contributed by atoms with Crippen molar-refractivity contribution in [1.29, 1.82) is 0 Å². The first-order valence-electron chi connectivity index (χ1n) is 6.84. The highest BCUT2D eigenvalue weighted by atomic mass is 28.3. The molecule has 0 saturated carbocycles. The fourth-order valence-corrected chi connectivity index (χ4v) is 4.09. The van der Waals surface area contributed by atoms with Crippen molar-refractivity contribution >= 4 is 46.7 Å². The molecule has 2 aromatic carbocycles. The lowest BCUT2D eigenvalue weighted by atomic mass is 10.1. The minimum Gasteiger partial charge on any atom is -0.339 e.